The molecule has 0 spiro atoms. The van der Waals surface area contributed by atoms with E-state index in [4.69, 9.17) is 9.84 Å². The third kappa shape index (κ3) is 4.64. The van der Waals surface area contributed by atoms with Crippen LogP contribution in [0.2, 0.25) is 0 Å². The molecule has 33 heavy (non-hydrogen) atoms. The minimum Gasteiger partial charge on any atom is -0.497 e. The summed E-state index contributed by atoms with van der Waals surface area (Å²) in [6, 6.07) is 18.0. The number of hydrazone groups is 1. The van der Waals surface area contributed by atoms with Crippen molar-refractivity contribution in [2.45, 2.75) is 49.3 Å². The summed E-state index contributed by atoms with van der Waals surface area (Å²) in [4.78, 5) is 13.4. The van der Waals surface area contributed by atoms with Gasteiger partial charge in [-0.1, -0.05) is 67.1 Å². The van der Waals surface area contributed by atoms with E-state index in [1.54, 1.807) is 12.1 Å². The molecule has 2 heterocycles. The Hall–Kier alpha value is -3.20. The van der Waals surface area contributed by atoms with Crippen LogP contribution in [0.4, 0.5) is 0 Å². The van der Waals surface area contributed by atoms with Gasteiger partial charge in [0.2, 0.25) is 5.16 Å². The number of amides is 1. The lowest BCUT2D eigenvalue weighted by molar-refractivity contribution is -0.130. The van der Waals surface area contributed by atoms with Crippen LogP contribution in [0.5, 0.6) is 5.75 Å². The van der Waals surface area contributed by atoms with E-state index in [9.17, 15) is 4.79 Å². The zero-order valence-corrected chi connectivity index (χ0v) is 19.3. The molecule has 0 radical (unpaired) electrons. The minimum absolute atomic E-state index is 0.0623. The highest BCUT2D eigenvalue weighted by Crippen LogP contribution is 2.35. The summed E-state index contributed by atoms with van der Waals surface area (Å²) in [6.45, 7) is 0. The van der Waals surface area contributed by atoms with Gasteiger partial charge in [0.1, 0.15) is 5.75 Å². The number of hydrogen-bond donors (Lipinski definition) is 0. The largest absolute Gasteiger partial charge is 0.497 e. The zero-order chi connectivity index (χ0) is 22.6. The molecule has 0 unspecified atom stereocenters. The monoisotopic (exact) mass is 462 g/mol. The fourth-order valence-electron chi connectivity index (χ4n) is 4.48. The van der Waals surface area contributed by atoms with Gasteiger partial charge in [-0.05, 0) is 46.5 Å². The molecule has 1 amide bonds. The minimum atomic E-state index is -0.162. The van der Waals surface area contributed by atoms with Crippen LogP contribution >= 0.6 is 11.8 Å². The molecule has 9 heteroatoms. The molecule has 170 valence electrons. The van der Waals surface area contributed by atoms with E-state index in [-0.39, 0.29) is 17.7 Å². The third-order valence-electron chi connectivity index (χ3n) is 6.23. The first-order valence-corrected chi connectivity index (χ1v) is 12.2. The molecule has 0 bridgehead atoms. The van der Waals surface area contributed by atoms with Gasteiger partial charge in [-0.3, -0.25) is 4.79 Å². The molecule has 1 atom stereocenters. The van der Waals surface area contributed by atoms with Gasteiger partial charge in [-0.15, -0.1) is 5.10 Å². The van der Waals surface area contributed by atoms with Crippen LogP contribution in [0.25, 0.3) is 0 Å². The zero-order valence-electron chi connectivity index (χ0n) is 18.5. The maximum atomic E-state index is 13.4. The summed E-state index contributed by atoms with van der Waals surface area (Å²) < 4.78 is 7.18. The average molecular weight is 463 g/mol. The van der Waals surface area contributed by atoms with Crippen molar-refractivity contribution in [3.8, 4) is 5.75 Å². The van der Waals surface area contributed by atoms with E-state index in [1.165, 1.54) is 24.6 Å². The van der Waals surface area contributed by atoms with E-state index < -0.39 is 0 Å². The summed E-state index contributed by atoms with van der Waals surface area (Å²) in [6.07, 6.45) is 5.22. The number of tetrazole rings is 1. The lowest BCUT2D eigenvalue weighted by atomic mass is 9.98. The smallest absolute Gasteiger partial charge is 0.253 e. The van der Waals surface area contributed by atoms with Gasteiger partial charge in [0.25, 0.3) is 5.91 Å². The maximum absolute atomic E-state index is 13.4. The Kier molecular flexibility index (Phi) is 6.39. The van der Waals surface area contributed by atoms with Crippen LogP contribution in [-0.4, -0.2) is 49.7 Å². The fourth-order valence-corrected chi connectivity index (χ4v) is 5.28. The van der Waals surface area contributed by atoms with Gasteiger partial charge in [-0.25, -0.2) is 9.69 Å². The molecule has 3 aromatic rings. The fraction of sp³-hybridized carbons (Fsp3) is 0.375. The third-order valence-corrected chi connectivity index (χ3v) is 7.15. The summed E-state index contributed by atoms with van der Waals surface area (Å²) >= 11 is 1.38. The number of aromatic nitrogens is 4. The maximum Gasteiger partial charge on any atom is 0.253 e. The molecule has 2 aromatic carbocycles. The summed E-state index contributed by atoms with van der Waals surface area (Å²) in [5.74, 6) is 0.951. The lowest BCUT2D eigenvalue weighted by Gasteiger charge is -2.22. The second-order valence-electron chi connectivity index (χ2n) is 8.28. The van der Waals surface area contributed by atoms with Crippen LogP contribution in [0.3, 0.4) is 0 Å². The van der Waals surface area contributed by atoms with Gasteiger partial charge < -0.3 is 4.74 Å². The highest BCUT2D eigenvalue weighted by Gasteiger charge is 2.33. The first kappa shape index (κ1) is 21.6. The standard InChI is InChI=1S/C24H26N6O2S/c1-32-20-13-11-18(12-14-20)22-15-21(17-7-3-2-4-8-17)26-30(22)23(31)16-33-24-25-27-28-29(24)19-9-5-6-10-19/h2-4,7-8,11-14,19,22H,5-6,9-10,15-16H2,1H3/t22-/m1/s1. The Morgan fingerprint density at radius 1 is 1.09 bits per heavy atom. The highest BCUT2D eigenvalue weighted by molar-refractivity contribution is 7.99. The Morgan fingerprint density at radius 2 is 1.85 bits per heavy atom. The molecule has 1 saturated carbocycles. The van der Waals surface area contributed by atoms with Crippen molar-refractivity contribution in [1.82, 2.24) is 25.2 Å². The first-order chi connectivity index (χ1) is 16.2. The Bertz CT molecular complexity index is 1130. The summed E-state index contributed by atoms with van der Waals surface area (Å²) in [5.41, 5.74) is 2.97. The van der Waals surface area contributed by atoms with E-state index in [2.05, 4.69) is 15.5 Å². The van der Waals surface area contributed by atoms with Crippen LogP contribution in [0.1, 0.15) is 55.3 Å². The van der Waals surface area contributed by atoms with E-state index in [0.29, 0.717) is 17.6 Å². The van der Waals surface area contributed by atoms with Crippen molar-refractivity contribution in [1.29, 1.82) is 0 Å². The number of ether oxygens (including phenoxy) is 1. The molecule has 2 aliphatic rings. The molecule has 1 aromatic heterocycles. The molecule has 5 rings (SSSR count). The molecule has 1 aliphatic carbocycles. The second-order valence-corrected chi connectivity index (χ2v) is 9.22. The van der Waals surface area contributed by atoms with Crippen LogP contribution in [-0.2, 0) is 4.79 Å². The van der Waals surface area contributed by atoms with E-state index >= 15 is 0 Å². The summed E-state index contributed by atoms with van der Waals surface area (Å²) in [5, 5.41) is 19.3. The number of thioether (sulfide) groups is 1. The molecule has 1 aliphatic heterocycles. The quantitative estimate of drug-likeness (QED) is 0.488. The van der Waals surface area contributed by atoms with Crippen molar-refractivity contribution in [3.05, 3.63) is 65.7 Å². The number of methoxy groups -OCH3 is 1. The van der Waals surface area contributed by atoms with E-state index in [1.807, 2.05) is 59.3 Å². The van der Waals surface area contributed by atoms with Gasteiger partial charge in [0, 0.05) is 6.42 Å². The Balaban J connectivity index is 1.36. The number of nitrogens with zero attached hydrogens (tertiary/aromatic N) is 6. The van der Waals surface area contributed by atoms with Gasteiger partial charge in [0.05, 0.1) is 30.7 Å². The molecular weight excluding hydrogens is 436 g/mol. The van der Waals surface area contributed by atoms with Crippen molar-refractivity contribution < 1.29 is 9.53 Å². The second kappa shape index (κ2) is 9.74. The number of benzene rings is 2. The van der Waals surface area contributed by atoms with Gasteiger partial charge >= 0.3 is 0 Å². The molecule has 0 N–H and O–H groups in total. The van der Waals surface area contributed by atoms with E-state index in [0.717, 1.165) is 35.4 Å². The lowest BCUT2D eigenvalue weighted by Crippen LogP contribution is -2.28. The number of carbonyl (C=O) groups excluding carboxylic acids is 1. The predicted octanol–water partition coefficient (Wildman–Crippen LogP) is 4.27. The Morgan fingerprint density at radius 3 is 2.58 bits per heavy atom. The van der Waals surface area contributed by atoms with Crippen molar-refractivity contribution >= 4 is 23.4 Å². The van der Waals surface area contributed by atoms with Gasteiger partial charge in [0.15, 0.2) is 0 Å². The van der Waals surface area contributed by atoms with Crippen LogP contribution < -0.4 is 4.74 Å². The average Bonchev–Trinajstić information content (AvgIpc) is 3.63. The topological polar surface area (TPSA) is 85.5 Å². The SMILES string of the molecule is COc1ccc([C@H]2CC(c3ccccc3)=NN2C(=O)CSc2nnnn2C2CCCC2)cc1. The number of hydrogen-bond acceptors (Lipinski definition) is 7. The van der Waals surface area contributed by atoms with Crippen molar-refractivity contribution in [2.75, 3.05) is 12.9 Å². The van der Waals surface area contributed by atoms with Crippen molar-refractivity contribution in [3.63, 3.8) is 0 Å². The Labute approximate surface area is 197 Å². The number of rotatable bonds is 7. The normalized spacial score (nSPS) is 18.5. The van der Waals surface area contributed by atoms with Crippen molar-refractivity contribution in [2.24, 2.45) is 5.10 Å². The van der Waals surface area contributed by atoms with Gasteiger partial charge in [-0.2, -0.15) is 5.10 Å². The summed E-state index contributed by atoms with van der Waals surface area (Å²) in [7, 11) is 1.65. The first-order valence-electron chi connectivity index (χ1n) is 11.2. The van der Waals surface area contributed by atoms with Crippen LogP contribution in [0.15, 0.2) is 64.9 Å². The predicted molar refractivity (Wildman–Crippen MR) is 126 cm³/mol. The highest BCUT2D eigenvalue weighted by atomic mass is 32.2. The molecular formula is C24H26N6O2S. The molecule has 0 saturated heterocycles. The molecule has 1 fully saturated rings. The molecule has 8 nitrogen and oxygen atoms in total. The van der Waals surface area contributed by atoms with Crippen LogP contribution in [0, 0.1) is 0 Å². The number of carbonyl (C=O) groups is 1.